The molecule has 1 aromatic heterocycles. The molecule has 17 heavy (non-hydrogen) atoms. The Morgan fingerprint density at radius 3 is 2.76 bits per heavy atom. The van der Waals surface area contributed by atoms with Crippen molar-refractivity contribution in [3.8, 4) is 0 Å². The minimum Gasteiger partial charge on any atom is -0.307 e. The summed E-state index contributed by atoms with van der Waals surface area (Å²) < 4.78 is 1.16. The summed E-state index contributed by atoms with van der Waals surface area (Å²) >= 11 is 5.21. The Morgan fingerprint density at radius 1 is 1.29 bits per heavy atom. The average molecular weight is 311 g/mol. The van der Waals surface area contributed by atoms with Crippen LogP contribution in [0.4, 0.5) is 0 Å². The van der Waals surface area contributed by atoms with Crippen LogP contribution in [0.25, 0.3) is 0 Å². The normalized spacial score (nSPS) is 10.8. The average Bonchev–Trinajstić information content (AvgIpc) is 2.70. The first-order chi connectivity index (χ1) is 8.15. The summed E-state index contributed by atoms with van der Waals surface area (Å²) in [4.78, 5) is 4.42. The van der Waals surface area contributed by atoms with Gasteiger partial charge in [0.2, 0.25) is 0 Å². The highest BCUT2D eigenvalue weighted by atomic mass is 79.9. The van der Waals surface area contributed by atoms with E-state index in [-0.39, 0.29) is 0 Å². The molecule has 1 N–H and O–H groups in total. The van der Waals surface area contributed by atoms with E-state index in [1.54, 1.807) is 11.3 Å². The van der Waals surface area contributed by atoms with Gasteiger partial charge in [-0.2, -0.15) is 0 Å². The minimum absolute atomic E-state index is 0.833. The van der Waals surface area contributed by atoms with Crippen LogP contribution in [-0.4, -0.2) is 4.98 Å². The fourth-order valence-corrected chi connectivity index (χ4v) is 2.50. The van der Waals surface area contributed by atoms with Gasteiger partial charge in [-0.3, -0.25) is 0 Å². The molecule has 90 valence electrons. The quantitative estimate of drug-likeness (QED) is 0.928. The van der Waals surface area contributed by atoms with E-state index in [2.05, 4.69) is 56.7 Å². The SMILES string of the molecule is Cc1nc(CNCc2ccc(Br)c(C)c2)cs1. The van der Waals surface area contributed by atoms with Gasteiger partial charge in [-0.15, -0.1) is 11.3 Å². The van der Waals surface area contributed by atoms with Crippen LogP contribution in [0, 0.1) is 13.8 Å². The standard InChI is InChI=1S/C13H15BrN2S/c1-9-5-11(3-4-13(9)14)6-15-7-12-8-17-10(2)16-12/h3-5,8,15H,6-7H2,1-2H3. The van der Waals surface area contributed by atoms with E-state index in [9.17, 15) is 0 Å². The summed E-state index contributed by atoms with van der Waals surface area (Å²) in [5, 5.41) is 6.64. The van der Waals surface area contributed by atoms with Crippen molar-refractivity contribution in [2.45, 2.75) is 26.9 Å². The Hall–Kier alpha value is -0.710. The Labute approximate surface area is 114 Å². The maximum absolute atomic E-state index is 4.42. The van der Waals surface area contributed by atoms with Crippen molar-refractivity contribution in [3.63, 3.8) is 0 Å². The van der Waals surface area contributed by atoms with Crippen LogP contribution >= 0.6 is 27.3 Å². The lowest BCUT2D eigenvalue weighted by Crippen LogP contribution is -2.13. The van der Waals surface area contributed by atoms with Crippen LogP contribution < -0.4 is 5.32 Å². The zero-order valence-electron chi connectivity index (χ0n) is 9.96. The monoisotopic (exact) mass is 310 g/mol. The first-order valence-electron chi connectivity index (χ1n) is 5.52. The summed E-state index contributed by atoms with van der Waals surface area (Å²) in [7, 11) is 0. The molecule has 0 saturated heterocycles. The summed E-state index contributed by atoms with van der Waals surface area (Å²) in [6.07, 6.45) is 0. The molecular weight excluding hydrogens is 296 g/mol. The molecule has 0 aliphatic carbocycles. The van der Waals surface area contributed by atoms with Gasteiger partial charge in [0.15, 0.2) is 0 Å². The number of aromatic nitrogens is 1. The molecule has 4 heteroatoms. The molecule has 0 aliphatic rings. The van der Waals surface area contributed by atoms with Crippen molar-refractivity contribution in [1.82, 2.24) is 10.3 Å². The third-order valence-corrected chi connectivity index (χ3v) is 4.24. The van der Waals surface area contributed by atoms with E-state index in [1.165, 1.54) is 11.1 Å². The number of hydrogen-bond acceptors (Lipinski definition) is 3. The van der Waals surface area contributed by atoms with Crippen molar-refractivity contribution in [3.05, 3.63) is 49.9 Å². The first-order valence-corrected chi connectivity index (χ1v) is 7.19. The smallest absolute Gasteiger partial charge is 0.0897 e. The van der Waals surface area contributed by atoms with Gasteiger partial charge in [0.05, 0.1) is 10.7 Å². The van der Waals surface area contributed by atoms with Gasteiger partial charge in [-0.05, 0) is 31.0 Å². The van der Waals surface area contributed by atoms with Crippen LogP contribution in [0.3, 0.4) is 0 Å². The molecule has 0 atom stereocenters. The van der Waals surface area contributed by atoms with Gasteiger partial charge in [-0.25, -0.2) is 4.98 Å². The number of hydrogen-bond donors (Lipinski definition) is 1. The maximum Gasteiger partial charge on any atom is 0.0897 e. The van der Waals surface area contributed by atoms with E-state index < -0.39 is 0 Å². The molecule has 0 saturated carbocycles. The van der Waals surface area contributed by atoms with Gasteiger partial charge < -0.3 is 5.32 Å². The van der Waals surface area contributed by atoms with Crippen LogP contribution in [-0.2, 0) is 13.1 Å². The molecule has 0 spiro atoms. The van der Waals surface area contributed by atoms with Gasteiger partial charge in [0.1, 0.15) is 0 Å². The molecule has 2 rings (SSSR count). The molecule has 0 amide bonds. The minimum atomic E-state index is 0.833. The molecule has 2 nitrogen and oxygen atoms in total. The lowest BCUT2D eigenvalue weighted by Gasteiger charge is -2.05. The highest BCUT2D eigenvalue weighted by Crippen LogP contribution is 2.17. The van der Waals surface area contributed by atoms with E-state index >= 15 is 0 Å². The third kappa shape index (κ3) is 3.63. The molecule has 1 heterocycles. The number of nitrogens with one attached hydrogen (secondary N) is 1. The van der Waals surface area contributed by atoms with Gasteiger partial charge in [0, 0.05) is 22.9 Å². The van der Waals surface area contributed by atoms with Crippen LogP contribution in [0.15, 0.2) is 28.1 Å². The topological polar surface area (TPSA) is 24.9 Å². The summed E-state index contributed by atoms with van der Waals surface area (Å²) in [6.45, 7) is 5.85. The van der Waals surface area contributed by atoms with Crippen molar-refractivity contribution >= 4 is 27.3 Å². The predicted octanol–water partition coefficient (Wildman–Crippen LogP) is 3.81. The predicted molar refractivity (Wildman–Crippen MR) is 76.3 cm³/mol. The van der Waals surface area contributed by atoms with Gasteiger partial charge in [-0.1, -0.05) is 28.1 Å². The summed E-state index contributed by atoms with van der Waals surface area (Å²) in [5.41, 5.74) is 3.70. The fraction of sp³-hybridized carbons (Fsp3) is 0.308. The third-order valence-electron chi connectivity index (χ3n) is 2.52. The number of nitrogens with zero attached hydrogens (tertiary/aromatic N) is 1. The summed E-state index contributed by atoms with van der Waals surface area (Å²) in [5.74, 6) is 0. The zero-order chi connectivity index (χ0) is 12.3. The second kappa shape index (κ2) is 5.76. The molecule has 0 radical (unpaired) electrons. The van der Waals surface area contributed by atoms with Crippen molar-refractivity contribution < 1.29 is 0 Å². The van der Waals surface area contributed by atoms with E-state index in [0.717, 1.165) is 28.3 Å². The maximum atomic E-state index is 4.42. The van der Waals surface area contributed by atoms with Gasteiger partial charge in [0.25, 0.3) is 0 Å². The molecule has 2 aromatic rings. The zero-order valence-corrected chi connectivity index (χ0v) is 12.4. The van der Waals surface area contributed by atoms with Crippen molar-refractivity contribution in [2.75, 3.05) is 0 Å². The highest BCUT2D eigenvalue weighted by Gasteiger charge is 1.99. The first kappa shape index (κ1) is 12.7. The number of aryl methyl sites for hydroxylation is 2. The fourth-order valence-electron chi connectivity index (χ4n) is 1.64. The highest BCUT2D eigenvalue weighted by molar-refractivity contribution is 9.10. The molecule has 1 aromatic carbocycles. The number of thiazole rings is 1. The largest absolute Gasteiger partial charge is 0.307 e. The molecule has 0 bridgehead atoms. The second-order valence-corrected chi connectivity index (χ2v) is 5.96. The lowest BCUT2D eigenvalue weighted by molar-refractivity contribution is 0.681. The lowest BCUT2D eigenvalue weighted by atomic mass is 10.1. The Bertz CT molecular complexity index is 508. The second-order valence-electron chi connectivity index (χ2n) is 4.04. The van der Waals surface area contributed by atoms with E-state index in [0.29, 0.717) is 0 Å². The Balaban J connectivity index is 1.87. The molecule has 0 unspecified atom stereocenters. The van der Waals surface area contributed by atoms with Crippen molar-refractivity contribution in [1.29, 1.82) is 0 Å². The molecular formula is C13H15BrN2S. The van der Waals surface area contributed by atoms with Gasteiger partial charge >= 0.3 is 0 Å². The Morgan fingerprint density at radius 2 is 2.12 bits per heavy atom. The number of rotatable bonds is 4. The Kier molecular flexibility index (Phi) is 4.31. The number of benzene rings is 1. The number of halogens is 1. The molecule has 0 fully saturated rings. The van der Waals surface area contributed by atoms with Crippen molar-refractivity contribution in [2.24, 2.45) is 0 Å². The van der Waals surface area contributed by atoms with Crippen LogP contribution in [0.2, 0.25) is 0 Å². The molecule has 0 aliphatic heterocycles. The summed E-state index contributed by atoms with van der Waals surface area (Å²) in [6, 6.07) is 6.43. The van der Waals surface area contributed by atoms with E-state index in [4.69, 9.17) is 0 Å². The van der Waals surface area contributed by atoms with E-state index in [1.807, 2.05) is 6.92 Å². The van der Waals surface area contributed by atoms with Crippen LogP contribution in [0.5, 0.6) is 0 Å². The van der Waals surface area contributed by atoms with Crippen LogP contribution in [0.1, 0.15) is 21.8 Å².